The highest BCUT2D eigenvalue weighted by Gasteiger charge is 2.24. The molecule has 0 aliphatic heterocycles. The SMILES string of the molecule is CCNC(c1cc(Cl)cnc1N)C(CC)OCC. The highest BCUT2D eigenvalue weighted by atomic mass is 35.5. The van der Waals surface area contributed by atoms with Crippen molar-refractivity contribution in [2.45, 2.75) is 39.3 Å². The van der Waals surface area contributed by atoms with Gasteiger partial charge in [0.1, 0.15) is 5.82 Å². The van der Waals surface area contributed by atoms with Gasteiger partial charge < -0.3 is 15.8 Å². The normalized spacial score (nSPS) is 14.4. The zero-order valence-corrected chi connectivity index (χ0v) is 12.0. The minimum atomic E-state index is 0.0196. The first kappa shape index (κ1) is 15.2. The van der Waals surface area contributed by atoms with Gasteiger partial charge in [-0.1, -0.05) is 25.4 Å². The molecule has 0 saturated heterocycles. The number of pyridine rings is 1. The molecule has 2 atom stereocenters. The van der Waals surface area contributed by atoms with Crippen molar-refractivity contribution in [3.8, 4) is 0 Å². The van der Waals surface area contributed by atoms with Crippen LogP contribution in [0.2, 0.25) is 5.02 Å². The van der Waals surface area contributed by atoms with Crippen LogP contribution in [0.5, 0.6) is 0 Å². The van der Waals surface area contributed by atoms with Crippen molar-refractivity contribution in [2.24, 2.45) is 0 Å². The number of likely N-dealkylation sites (N-methyl/N-ethyl adjacent to an activating group) is 1. The summed E-state index contributed by atoms with van der Waals surface area (Å²) in [6.07, 6.45) is 2.53. The van der Waals surface area contributed by atoms with Gasteiger partial charge in [-0.15, -0.1) is 0 Å². The van der Waals surface area contributed by atoms with Gasteiger partial charge in [0.25, 0.3) is 0 Å². The molecular weight excluding hydrogens is 250 g/mol. The summed E-state index contributed by atoms with van der Waals surface area (Å²) in [5.41, 5.74) is 6.85. The number of nitrogens with two attached hydrogens (primary N) is 1. The molecule has 3 N–H and O–H groups in total. The molecule has 0 aromatic carbocycles. The van der Waals surface area contributed by atoms with Crippen LogP contribution in [0.15, 0.2) is 12.3 Å². The summed E-state index contributed by atoms with van der Waals surface area (Å²) in [6, 6.07) is 1.88. The molecule has 0 aliphatic rings. The van der Waals surface area contributed by atoms with E-state index in [-0.39, 0.29) is 12.1 Å². The van der Waals surface area contributed by atoms with Gasteiger partial charge >= 0.3 is 0 Å². The van der Waals surface area contributed by atoms with Gasteiger partial charge in [-0.2, -0.15) is 0 Å². The number of aromatic nitrogens is 1. The Balaban J connectivity index is 3.05. The van der Waals surface area contributed by atoms with Crippen molar-refractivity contribution < 1.29 is 4.74 Å². The Hall–Kier alpha value is -0.840. The average Bonchev–Trinajstić information content (AvgIpc) is 2.37. The third-order valence-corrected chi connectivity index (χ3v) is 3.04. The van der Waals surface area contributed by atoms with E-state index in [2.05, 4.69) is 24.1 Å². The molecule has 102 valence electrons. The number of nitrogens with one attached hydrogen (secondary N) is 1. The van der Waals surface area contributed by atoms with Crippen molar-refractivity contribution in [3.63, 3.8) is 0 Å². The molecule has 4 nitrogen and oxygen atoms in total. The van der Waals surface area contributed by atoms with E-state index in [0.717, 1.165) is 18.5 Å². The Morgan fingerprint density at radius 2 is 2.17 bits per heavy atom. The molecule has 0 spiro atoms. The fourth-order valence-corrected chi connectivity index (χ4v) is 2.21. The first-order chi connectivity index (χ1) is 8.63. The van der Waals surface area contributed by atoms with Crippen LogP contribution in [-0.2, 0) is 4.74 Å². The number of nitrogens with zero attached hydrogens (tertiary/aromatic N) is 1. The van der Waals surface area contributed by atoms with Gasteiger partial charge in [-0.3, -0.25) is 0 Å². The predicted octanol–water partition coefficient (Wildman–Crippen LogP) is 2.78. The number of rotatable bonds is 7. The Labute approximate surface area is 114 Å². The maximum atomic E-state index is 6.00. The minimum absolute atomic E-state index is 0.0196. The summed E-state index contributed by atoms with van der Waals surface area (Å²) in [6.45, 7) is 7.65. The lowest BCUT2D eigenvalue weighted by Gasteiger charge is -2.28. The number of halogens is 1. The predicted molar refractivity (Wildman–Crippen MR) is 75.8 cm³/mol. The Kier molecular flexibility index (Phi) is 6.39. The number of nitrogen functional groups attached to an aromatic ring is 1. The fourth-order valence-electron chi connectivity index (χ4n) is 2.04. The van der Waals surface area contributed by atoms with Crippen LogP contribution in [0.25, 0.3) is 0 Å². The van der Waals surface area contributed by atoms with Crippen LogP contribution in [0.3, 0.4) is 0 Å². The first-order valence-electron chi connectivity index (χ1n) is 6.39. The molecule has 0 saturated carbocycles. The zero-order chi connectivity index (χ0) is 13.5. The monoisotopic (exact) mass is 271 g/mol. The van der Waals surface area contributed by atoms with E-state index in [4.69, 9.17) is 22.1 Å². The lowest BCUT2D eigenvalue weighted by molar-refractivity contribution is 0.0319. The van der Waals surface area contributed by atoms with Gasteiger partial charge in [0.15, 0.2) is 0 Å². The van der Waals surface area contributed by atoms with Gasteiger partial charge in [-0.05, 0) is 26.0 Å². The van der Waals surface area contributed by atoms with Gasteiger partial charge in [0.2, 0.25) is 0 Å². The van der Waals surface area contributed by atoms with Crippen molar-refractivity contribution in [2.75, 3.05) is 18.9 Å². The van der Waals surface area contributed by atoms with Gasteiger partial charge in [0.05, 0.1) is 17.2 Å². The summed E-state index contributed by atoms with van der Waals surface area (Å²) >= 11 is 6.00. The molecule has 5 heteroatoms. The summed E-state index contributed by atoms with van der Waals surface area (Å²) < 4.78 is 5.77. The van der Waals surface area contributed by atoms with E-state index < -0.39 is 0 Å². The summed E-state index contributed by atoms with van der Waals surface area (Å²) in [4.78, 5) is 4.11. The molecule has 0 fully saturated rings. The lowest BCUT2D eigenvalue weighted by Crippen LogP contribution is -2.34. The van der Waals surface area contributed by atoms with E-state index in [1.54, 1.807) is 6.20 Å². The van der Waals surface area contributed by atoms with Crippen molar-refractivity contribution in [3.05, 3.63) is 22.8 Å². The number of ether oxygens (including phenoxy) is 1. The van der Waals surface area contributed by atoms with Crippen molar-refractivity contribution in [1.82, 2.24) is 10.3 Å². The van der Waals surface area contributed by atoms with Gasteiger partial charge in [0, 0.05) is 18.4 Å². The van der Waals surface area contributed by atoms with E-state index in [1.807, 2.05) is 13.0 Å². The van der Waals surface area contributed by atoms with E-state index in [9.17, 15) is 0 Å². The zero-order valence-electron chi connectivity index (χ0n) is 11.2. The van der Waals surface area contributed by atoms with Crippen LogP contribution in [0, 0.1) is 0 Å². The lowest BCUT2D eigenvalue weighted by atomic mass is 10.00. The first-order valence-corrected chi connectivity index (χ1v) is 6.77. The summed E-state index contributed by atoms with van der Waals surface area (Å²) in [7, 11) is 0. The second-order valence-electron chi connectivity index (χ2n) is 4.07. The second kappa shape index (κ2) is 7.56. The smallest absolute Gasteiger partial charge is 0.128 e. The van der Waals surface area contributed by atoms with E-state index >= 15 is 0 Å². The van der Waals surface area contributed by atoms with Gasteiger partial charge in [-0.25, -0.2) is 4.98 Å². The average molecular weight is 272 g/mol. The minimum Gasteiger partial charge on any atom is -0.383 e. The second-order valence-corrected chi connectivity index (χ2v) is 4.50. The fraction of sp³-hybridized carbons (Fsp3) is 0.615. The van der Waals surface area contributed by atoms with Crippen LogP contribution in [-0.4, -0.2) is 24.2 Å². The molecular formula is C13H22ClN3O. The summed E-state index contributed by atoms with van der Waals surface area (Å²) in [5.74, 6) is 0.503. The maximum Gasteiger partial charge on any atom is 0.128 e. The Morgan fingerprint density at radius 3 is 2.72 bits per heavy atom. The largest absolute Gasteiger partial charge is 0.383 e. The van der Waals surface area contributed by atoms with Crippen molar-refractivity contribution >= 4 is 17.4 Å². The molecule has 1 heterocycles. The topological polar surface area (TPSA) is 60.2 Å². The van der Waals surface area contributed by atoms with Crippen molar-refractivity contribution in [1.29, 1.82) is 0 Å². The molecule has 18 heavy (non-hydrogen) atoms. The third kappa shape index (κ3) is 3.83. The maximum absolute atomic E-state index is 6.00. The van der Waals surface area contributed by atoms with Crippen LogP contribution >= 0.6 is 11.6 Å². The highest BCUT2D eigenvalue weighted by Crippen LogP contribution is 2.27. The Morgan fingerprint density at radius 1 is 1.44 bits per heavy atom. The highest BCUT2D eigenvalue weighted by molar-refractivity contribution is 6.30. The quantitative estimate of drug-likeness (QED) is 0.801. The Bertz CT molecular complexity index is 373. The standard InChI is InChI=1S/C13H22ClN3O/c1-4-11(18-6-3)12(16-5-2)10-7-9(14)8-17-13(10)15/h7-8,11-12,16H,4-6H2,1-3H3,(H2,15,17). The summed E-state index contributed by atoms with van der Waals surface area (Å²) in [5, 5.41) is 3.99. The molecule has 0 radical (unpaired) electrons. The van der Waals surface area contributed by atoms with Crippen LogP contribution in [0.1, 0.15) is 38.8 Å². The number of hydrogen-bond acceptors (Lipinski definition) is 4. The number of anilines is 1. The number of hydrogen-bond donors (Lipinski definition) is 2. The molecule has 1 aromatic heterocycles. The molecule has 1 rings (SSSR count). The molecule has 0 bridgehead atoms. The third-order valence-electron chi connectivity index (χ3n) is 2.83. The molecule has 0 aliphatic carbocycles. The molecule has 2 unspecified atom stereocenters. The molecule has 0 amide bonds. The van der Waals surface area contributed by atoms with E-state index in [1.165, 1.54) is 0 Å². The van der Waals surface area contributed by atoms with Crippen LogP contribution in [0.4, 0.5) is 5.82 Å². The van der Waals surface area contributed by atoms with Crippen LogP contribution < -0.4 is 11.1 Å². The molecule has 1 aromatic rings. The van der Waals surface area contributed by atoms with E-state index in [0.29, 0.717) is 17.4 Å².